The van der Waals surface area contributed by atoms with E-state index in [0.29, 0.717) is 35.1 Å². The lowest BCUT2D eigenvalue weighted by molar-refractivity contribution is 0.213. The van der Waals surface area contributed by atoms with Crippen molar-refractivity contribution in [2.75, 3.05) is 13.1 Å². The van der Waals surface area contributed by atoms with Crippen molar-refractivity contribution >= 4 is 21.6 Å². The molecule has 1 saturated heterocycles. The molecule has 25 heavy (non-hydrogen) atoms. The van der Waals surface area contributed by atoms with Crippen LogP contribution >= 0.6 is 11.6 Å². The van der Waals surface area contributed by atoms with Gasteiger partial charge in [0.05, 0.1) is 18.4 Å². The van der Waals surface area contributed by atoms with Crippen LogP contribution in [0, 0.1) is 6.92 Å². The third kappa shape index (κ3) is 4.42. The lowest BCUT2D eigenvalue weighted by atomic mass is 10.2. The van der Waals surface area contributed by atoms with Crippen LogP contribution in [0.25, 0.3) is 0 Å². The first-order valence-electron chi connectivity index (χ1n) is 7.83. The number of halogens is 1. The summed E-state index contributed by atoms with van der Waals surface area (Å²) in [5, 5.41) is 0.435. The maximum Gasteiger partial charge on any atom is 0.339 e. The van der Waals surface area contributed by atoms with Crippen molar-refractivity contribution in [3.05, 3.63) is 63.2 Å². The summed E-state index contributed by atoms with van der Waals surface area (Å²) in [6.45, 7) is 2.27. The van der Waals surface area contributed by atoms with Crippen molar-refractivity contribution in [2.24, 2.45) is 0 Å². The Labute approximate surface area is 151 Å². The molecule has 1 aromatic carbocycles. The molecule has 2 aromatic rings. The minimum Gasteiger partial charge on any atom is -0.489 e. The Morgan fingerprint density at radius 2 is 2.08 bits per heavy atom. The fourth-order valence-corrected chi connectivity index (χ4v) is 4.67. The molecule has 3 rings (SSSR count). The molecule has 2 heterocycles. The summed E-state index contributed by atoms with van der Waals surface area (Å²) >= 11 is 6.06. The molecular formula is C17H18ClNO5S. The van der Waals surface area contributed by atoms with Crippen LogP contribution in [0.2, 0.25) is 5.02 Å². The molecule has 0 bridgehead atoms. The van der Waals surface area contributed by atoms with E-state index in [1.165, 1.54) is 10.4 Å². The highest BCUT2D eigenvalue weighted by Gasteiger charge is 2.33. The lowest BCUT2D eigenvalue weighted by Crippen LogP contribution is -2.32. The van der Waals surface area contributed by atoms with Gasteiger partial charge in [0.1, 0.15) is 17.6 Å². The van der Waals surface area contributed by atoms with Gasteiger partial charge in [0, 0.05) is 17.6 Å². The molecule has 0 aliphatic carbocycles. The number of hydrogen-bond donors (Lipinski definition) is 0. The minimum absolute atomic E-state index is 0.145. The molecule has 134 valence electrons. The molecule has 0 radical (unpaired) electrons. The Morgan fingerprint density at radius 3 is 2.80 bits per heavy atom. The number of aryl methyl sites for hydroxylation is 1. The topological polar surface area (TPSA) is 76.8 Å². The second-order valence-corrected chi connectivity index (χ2v) is 8.33. The molecular weight excluding hydrogens is 366 g/mol. The summed E-state index contributed by atoms with van der Waals surface area (Å²) in [6.07, 6.45) is 0.253. The maximum atomic E-state index is 12.6. The molecule has 0 N–H and O–H groups in total. The highest BCUT2D eigenvalue weighted by atomic mass is 35.5. The quantitative estimate of drug-likeness (QED) is 0.793. The molecule has 0 spiro atoms. The van der Waals surface area contributed by atoms with Crippen LogP contribution in [-0.4, -0.2) is 31.9 Å². The molecule has 1 aliphatic heterocycles. The Morgan fingerprint density at radius 1 is 1.32 bits per heavy atom. The molecule has 1 aromatic heterocycles. The average molecular weight is 384 g/mol. The molecule has 8 heteroatoms. The van der Waals surface area contributed by atoms with Crippen LogP contribution in [0.4, 0.5) is 0 Å². The Balaban J connectivity index is 1.67. The van der Waals surface area contributed by atoms with E-state index in [0.717, 1.165) is 0 Å². The molecule has 1 aliphatic rings. The Hall–Kier alpha value is -1.83. The molecule has 1 unspecified atom stereocenters. The van der Waals surface area contributed by atoms with E-state index in [4.69, 9.17) is 20.8 Å². The standard InChI is InChI=1S/C17H18ClNO5S/c1-12-8-15(9-17(20)23-12)24-14-6-7-19(10-14)25(21,22)11-13-4-2-3-5-16(13)18/h2-5,8-9,14H,6-7,10-11H2,1H3. The van der Waals surface area contributed by atoms with Gasteiger partial charge in [-0.3, -0.25) is 0 Å². The zero-order valence-corrected chi connectivity index (χ0v) is 15.2. The first-order chi connectivity index (χ1) is 11.8. The van der Waals surface area contributed by atoms with E-state index in [2.05, 4.69) is 0 Å². The van der Waals surface area contributed by atoms with Gasteiger partial charge in [-0.25, -0.2) is 13.2 Å². The van der Waals surface area contributed by atoms with E-state index >= 15 is 0 Å². The van der Waals surface area contributed by atoms with Crippen molar-refractivity contribution < 1.29 is 17.6 Å². The zero-order chi connectivity index (χ0) is 18.0. The first-order valence-corrected chi connectivity index (χ1v) is 9.82. The van der Waals surface area contributed by atoms with E-state index < -0.39 is 15.6 Å². The molecule has 6 nitrogen and oxygen atoms in total. The number of hydrogen-bond acceptors (Lipinski definition) is 5. The number of benzene rings is 1. The van der Waals surface area contributed by atoms with Crippen LogP contribution in [0.1, 0.15) is 17.7 Å². The van der Waals surface area contributed by atoms with Crippen LogP contribution in [0.3, 0.4) is 0 Å². The van der Waals surface area contributed by atoms with Crippen LogP contribution in [0.5, 0.6) is 5.75 Å². The number of sulfonamides is 1. The van der Waals surface area contributed by atoms with E-state index in [-0.39, 0.29) is 18.4 Å². The molecule has 0 saturated carbocycles. The summed E-state index contributed by atoms with van der Waals surface area (Å²) in [6, 6.07) is 9.77. The van der Waals surface area contributed by atoms with Gasteiger partial charge < -0.3 is 9.15 Å². The Bertz CT molecular complexity index is 925. The first kappa shape index (κ1) is 18.0. The van der Waals surface area contributed by atoms with Gasteiger partial charge in [-0.15, -0.1) is 0 Å². The average Bonchev–Trinajstić information content (AvgIpc) is 2.98. The lowest BCUT2D eigenvalue weighted by Gasteiger charge is -2.17. The third-order valence-corrected chi connectivity index (χ3v) is 6.13. The maximum absolute atomic E-state index is 12.6. The van der Waals surface area contributed by atoms with Crippen molar-refractivity contribution in [2.45, 2.75) is 25.2 Å². The molecule has 0 amide bonds. The number of ether oxygens (including phenoxy) is 1. The molecule has 1 atom stereocenters. The smallest absolute Gasteiger partial charge is 0.339 e. The van der Waals surface area contributed by atoms with E-state index in [9.17, 15) is 13.2 Å². The van der Waals surface area contributed by atoms with E-state index in [1.807, 2.05) is 0 Å². The second kappa shape index (κ2) is 7.19. The van der Waals surface area contributed by atoms with Crippen molar-refractivity contribution in [1.29, 1.82) is 0 Å². The van der Waals surface area contributed by atoms with Crippen molar-refractivity contribution in [3.63, 3.8) is 0 Å². The number of nitrogens with zero attached hydrogens (tertiary/aromatic N) is 1. The van der Waals surface area contributed by atoms with Gasteiger partial charge in [0.15, 0.2) is 0 Å². The highest BCUT2D eigenvalue weighted by molar-refractivity contribution is 7.88. The van der Waals surface area contributed by atoms with Crippen molar-refractivity contribution in [3.8, 4) is 5.75 Å². The predicted molar refractivity (Wildman–Crippen MR) is 94.4 cm³/mol. The van der Waals surface area contributed by atoms with Gasteiger partial charge in [0.2, 0.25) is 10.0 Å². The summed E-state index contributed by atoms with van der Waals surface area (Å²) in [5.74, 6) is 0.695. The Kier molecular flexibility index (Phi) is 5.17. The largest absolute Gasteiger partial charge is 0.489 e. The fourth-order valence-electron chi connectivity index (χ4n) is 2.79. The minimum atomic E-state index is -3.49. The third-order valence-electron chi connectivity index (χ3n) is 3.97. The fraction of sp³-hybridized carbons (Fsp3) is 0.353. The summed E-state index contributed by atoms with van der Waals surface area (Å²) < 4.78 is 37.2. The molecule has 1 fully saturated rings. The highest BCUT2D eigenvalue weighted by Crippen LogP contribution is 2.24. The summed E-state index contributed by atoms with van der Waals surface area (Å²) in [5.41, 5.74) is 0.0843. The second-order valence-electron chi connectivity index (χ2n) is 5.96. The SMILES string of the molecule is Cc1cc(OC2CCN(S(=O)(=O)Cc3ccccc3Cl)C2)cc(=O)o1. The van der Waals surface area contributed by atoms with Crippen LogP contribution in [-0.2, 0) is 15.8 Å². The van der Waals surface area contributed by atoms with Crippen LogP contribution in [0.15, 0.2) is 45.6 Å². The number of rotatable bonds is 5. The van der Waals surface area contributed by atoms with Crippen molar-refractivity contribution in [1.82, 2.24) is 4.31 Å². The zero-order valence-electron chi connectivity index (χ0n) is 13.6. The summed E-state index contributed by atoms with van der Waals surface area (Å²) in [7, 11) is -3.49. The van der Waals surface area contributed by atoms with E-state index in [1.54, 1.807) is 37.3 Å². The monoisotopic (exact) mass is 383 g/mol. The van der Waals surface area contributed by atoms with Gasteiger partial charge in [-0.05, 0) is 25.0 Å². The van der Waals surface area contributed by atoms with Gasteiger partial charge in [-0.1, -0.05) is 29.8 Å². The van der Waals surface area contributed by atoms with Crippen LogP contribution < -0.4 is 10.4 Å². The predicted octanol–water partition coefficient (Wildman–Crippen LogP) is 2.58. The van der Waals surface area contributed by atoms with Gasteiger partial charge in [-0.2, -0.15) is 4.31 Å². The summed E-state index contributed by atoms with van der Waals surface area (Å²) in [4.78, 5) is 11.4. The van der Waals surface area contributed by atoms with Gasteiger partial charge >= 0.3 is 5.63 Å². The van der Waals surface area contributed by atoms with Gasteiger partial charge in [0.25, 0.3) is 0 Å². The normalized spacial score (nSPS) is 18.4.